The highest BCUT2D eigenvalue weighted by Gasteiger charge is 2.24. The first-order valence-electron chi connectivity index (χ1n) is 7.30. The predicted molar refractivity (Wildman–Crippen MR) is 92.9 cm³/mol. The Hall–Kier alpha value is -2.47. The van der Waals surface area contributed by atoms with Crippen LogP contribution in [0.4, 0.5) is 5.95 Å². The lowest BCUT2D eigenvalue weighted by molar-refractivity contribution is 0.585. The van der Waals surface area contributed by atoms with Crippen molar-refractivity contribution in [2.24, 2.45) is 0 Å². The second-order valence-corrected chi connectivity index (χ2v) is 6.43. The zero-order chi connectivity index (χ0) is 15.8. The maximum absolute atomic E-state index is 4.12. The largest absolute Gasteiger partial charge is 0.323 e. The van der Waals surface area contributed by atoms with E-state index in [4.69, 9.17) is 0 Å². The van der Waals surface area contributed by atoms with E-state index < -0.39 is 0 Å². The number of anilines is 1. The monoisotopic (exact) mass is 367 g/mol. The number of tetrazole rings is 1. The summed E-state index contributed by atoms with van der Waals surface area (Å²) in [6.45, 7) is 2.08. The Morgan fingerprint density at radius 3 is 2.74 bits per heavy atom. The van der Waals surface area contributed by atoms with Gasteiger partial charge in [0.1, 0.15) is 6.04 Å². The van der Waals surface area contributed by atoms with Gasteiger partial charge in [-0.25, -0.2) is 0 Å². The van der Waals surface area contributed by atoms with Gasteiger partial charge in [-0.05, 0) is 46.7 Å². The van der Waals surface area contributed by atoms with Crippen LogP contribution in [0.3, 0.4) is 0 Å². The number of fused-ring (bicyclic) bond motifs is 1. The fraction of sp³-hybridized carbons (Fsp3) is 0.118. The number of benzene rings is 2. The van der Waals surface area contributed by atoms with Crippen molar-refractivity contribution in [3.8, 4) is 0 Å². The van der Waals surface area contributed by atoms with E-state index in [1.165, 1.54) is 5.56 Å². The van der Waals surface area contributed by atoms with Gasteiger partial charge in [0, 0.05) is 10.2 Å². The van der Waals surface area contributed by atoms with E-state index in [2.05, 4.69) is 86.2 Å². The lowest BCUT2D eigenvalue weighted by Crippen LogP contribution is -2.20. The van der Waals surface area contributed by atoms with Crippen LogP contribution in [0, 0.1) is 6.92 Å². The van der Waals surface area contributed by atoms with Crippen molar-refractivity contribution >= 4 is 27.6 Å². The molecule has 2 aromatic carbocycles. The van der Waals surface area contributed by atoms with E-state index in [-0.39, 0.29) is 6.04 Å². The second-order valence-electron chi connectivity index (χ2n) is 5.52. The molecular weight excluding hydrogens is 354 g/mol. The molecule has 0 aliphatic carbocycles. The number of nitrogens with zero attached hydrogens (tertiary/aromatic N) is 4. The molecule has 1 aromatic heterocycles. The topological polar surface area (TPSA) is 55.6 Å². The van der Waals surface area contributed by atoms with Crippen LogP contribution in [0.1, 0.15) is 22.7 Å². The molecule has 0 amide bonds. The first-order valence-corrected chi connectivity index (χ1v) is 8.09. The summed E-state index contributed by atoms with van der Waals surface area (Å²) in [6, 6.07) is 16.6. The summed E-state index contributed by atoms with van der Waals surface area (Å²) in [5, 5.41) is 15.3. The van der Waals surface area contributed by atoms with Crippen LogP contribution >= 0.6 is 15.9 Å². The van der Waals surface area contributed by atoms with Gasteiger partial charge in [-0.1, -0.05) is 63.0 Å². The van der Waals surface area contributed by atoms with Crippen molar-refractivity contribution in [3.63, 3.8) is 0 Å². The molecule has 2 heterocycles. The van der Waals surface area contributed by atoms with Gasteiger partial charge in [-0.2, -0.15) is 4.68 Å². The smallest absolute Gasteiger partial charge is 0.248 e. The number of hydrogen-bond donors (Lipinski definition) is 1. The number of halogens is 1. The van der Waals surface area contributed by atoms with Gasteiger partial charge < -0.3 is 5.32 Å². The fourth-order valence-electron chi connectivity index (χ4n) is 2.68. The van der Waals surface area contributed by atoms with Crippen LogP contribution in [-0.4, -0.2) is 20.2 Å². The molecule has 3 aromatic rings. The van der Waals surface area contributed by atoms with Crippen molar-refractivity contribution in [3.05, 3.63) is 75.8 Å². The molecule has 5 nitrogen and oxygen atoms in total. The Labute approximate surface area is 142 Å². The van der Waals surface area contributed by atoms with E-state index in [1.807, 2.05) is 12.1 Å². The zero-order valence-electron chi connectivity index (χ0n) is 12.4. The maximum atomic E-state index is 4.12. The number of rotatable bonds is 2. The van der Waals surface area contributed by atoms with Crippen LogP contribution in [0.25, 0.3) is 5.70 Å². The second kappa shape index (κ2) is 5.62. The Morgan fingerprint density at radius 1 is 1.13 bits per heavy atom. The van der Waals surface area contributed by atoms with Crippen LogP contribution in [0.5, 0.6) is 0 Å². The number of aromatic nitrogens is 4. The Bertz CT molecular complexity index is 882. The maximum Gasteiger partial charge on any atom is 0.248 e. The predicted octanol–water partition coefficient (Wildman–Crippen LogP) is 3.80. The third-order valence-corrected chi connectivity index (χ3v) is 4.37. The quantitative estimate of drug-likeness (QED) is 0.748. The van der Waals surface area contributed by atoms with E-state index in [1.54, 1.807) is 4.68 Å². The van der Waals surface area contributed by atoms with Crippen LogP contribution in [0.2, 0.25) is 0 Å². The summed E-state index contributed by atoms with van der Waals surface area (Å²) in [4.78, 5) is 0. The number of allylic oxidation sites excluding steroid dienone is 1. The van der Waals surface area contributed by atoms with E-state index in [9.17, 15) is 0 Å². The molecule has 1 aliphatic rings. The van der Waals surface area contributed by atoms with Crippen LogP contribution in [0.15, 0.2) is 59.1 Å². The summed E-state index contributed by atoms with van der Waals surface area (Å²) in [5.74, 6) is 0.646. The van der Waals surface area contributed by atoms with Gasteiger partial charge in [0.2, 0.25) is 5.95 Å². The molecule has 1 N–H and O–H groups in total. The Morgan fingerprint density at radius 2 is 1.96 bits per heavy atom. The normalized spacial score (nSPS) is 16.4. The molecule has 0 saturated heterocycles. The van der Waals surface area contributed by atoms with Crippen LogP contribution in [-0.2, 0) is 0 Å². The van der Waals surface area contributed by atoms with E-state index in [0.29, 0.717) is 5.95 Å². The average molecular weight is 368 g/mol. The highest BCUT2D eigenvalue weighted by Crippen LogP contribution is 2.32. The molecule has 0 spiro atoms. The van der Waals surface area contributed by atoms with Gasteiger partial charge in [-0.3, -0.25) is 0 Å². The van der Waals surface area contributed by atoms with Gasteiger partial charge in [0.25, 0.3) is 0 Å². The molecule has 0 fully saturated rings. The Kier molecular flexibility index (Phi) is 3.46. The minimum Gasteiger partial charge on any atom is -0.323 e. The molecule has 0 unspecified atom stereocenters. The molecule has 4 rings (SSSR count). The first-order chi connectivity index (χ1) is 11.2. The zero-order valence-corrected chi connectivity index (χ0v) is 14.0. The number of aryl methyl sites for hydroxylation is 1. The molecule has 0 saturated carbocycles. The summed E-state index contributed by atoms with van der Waals surface area (Å²) in [5.41, 5.74) is 4.49. The summed E-state index contributed by atoms with van der Waals surface area (Å²) >= 11 is 3.53. The molecular formula is C17H14BrN5. The highest BCUT2D eigenvalue weighted by atomic mass is 79.9. The molecule has 0 radical (unpaired) electrons. The van der Waals surface area contributed by atoms with Gasteiger partial charge in [0.15, 0.2) is 0 Å². The lowest BCUT2D eigenvalue weighted by Gasteiger charge is -2.23. The van der Waals surface area contributed by atoms with Gasteiger partial charge >= 0.3 is 0 Å². The minimum absolute atomic E-state index is 0.0462. The standard InChI is InChI=1S/C17H14BrN5/c1-11-5-7-12(8-6-11)15-10-16(13-3-2-4-14(18)9-13)23-17(19-15)20-21-22-23/h2-10,16H,1H3,(H,19,20,22)/t16-/m1/s1. The third kappa shape index (κ3) is 2.66. The molecule has 6 heteroatoms. The fourth-order valence-corrected chi connectivity index (χ4v) is 3.10. The van der Waals surface area contributed by atoms with Crippen molar-refractivity contribution in [2.75, 3.05) is 5.32 Å². The van der Waals surface area contributed by atoms with Crippen molar-refractivity contribution in [2.45, 2.75) is 13.0 Å². The summed E-state index contributed by atoms with van der Waals surface area (Å²) < 4.78 is 2.83. The SMILES string of the molecule is Cc1ccc(C2=C[C@H](c3cccc(Br)c3)n3nnnc3N2)cc1. The van der Waals surface area contributed by atoms with Gasteiger partial charge in [0.05, 0.1) is 0 Å². The van der Waals surface area contributed by atoms with Crippen molar-refractivity contribution < 1.29 is 0 Å². The summed E-state index contributed by atoms with van der Waals surface area (Å²) in [6.07, 6.45) is 2.15. The van der Waals surface area contributed by atoms with E-state index >= 15 is 0 Å². The minimum atomic E-state index is -0.0462. The molecule has 1 aliphatic heterocycles. The van der Waals surface area contributed by atoms with Crippen molar-refractivity contribution in [1.82, 2.24) is 20.2 Å². The lowest BCUT2D eigenvalue weighted by atomic mass is 10.0. The first kappa shape index (κ1) is 14.1. The third-order valence-electron chi connectivity index (χ3n) is 3.88. The summed E-state index contributed by atoms with van der Waals surface area (Å²) in [7, 11) is 0. The molecule has 23 heavy (non-hydrogen) atoms. The molecule has 1 atom stereocenters. The number of nitrogens with one attached hydrogen (secondary N) is 1. The average Bonchev–Trinajstić information content (AvgIpc) is 3.03. The highest BCUT2D eigenvalue weighted by molar-refractivity contribution is 9.10. The molecule has 0 bridgehead atoms. The van der Waals surface area contributed by atoms with Gasteiger partial charge in [-0.15, -0.1) is 0 Å². The molecule has 114 valence electrons. The van der Waals surface area contributed by atoms with E-state index in [0.717, 1.165) is 21.3 Å². The Balaban J connectivity index is 1.81. The van der Waals surface area contributed by atoms with Crippen molar-refractivity contribution in [1.29, 1.82) is 0 Å². The van der Waals surface area contributed by atoms with Crippen LogP contribution < -0.4 is 5.32 Å². The number of hydrogen-bond acceptors (Lipinski definition) is 4.